The largest absolute Gasteiger partial charge is 0.378 e. The van der Waals surface area contributed by atoms with Gasteiger partial charge in [0.15, 0.2) is 0 Å². The van der Waals surface area contributed by atoms with E-state index < -0.39 is 0 Å². The molecule has 1 N–H and O–H groups in total. The highest BCUT2D eigenvalue weighted by molar-refractivity contribution is 5.82. The highest BCUT2D eigenvalue weighted by atomic mass is 16.5. The van der Waals surface area contributed by atoms with Crippen LogP contribution in [0.2, 0.25) is 0 Å². The minimum atomic E-state index is -0.223. The van der Waals surface area contributed by atoms with Crippen molar-refractivity contribution >= 4 is 5.91 Å². The Labute approximate surface area is 114 Å². The maximum Gasteiger partial charge on any atom is 0.239 e. The first-order valence-electron chi connectivity index (χ1n) is 7.28. The lowest BCUT2D eigenvalue weighted by Gasteiger charge is -2.39. The van der Waals surface area contributed by atoms with Gasteiger partial charge in [0.2, 0.25) is 5.91 Å². The monoisotopic (exact) mass is 265 g/mol. The lowest BCUT2D eigenvalue weighted by Crippen LogP contribution is -2.58. The second-order valence-corrected chi connectivity index (χ2v) is 5.35. The first-order valence-corrected chi connectivity index (χ1v) is 7.28. The Bertz CT molecular complexity index is 353. The number of hydrogen-bond donors (Lipinski definition) is 1. The van der Waals surface area contributed by atoms with E-state index >= 15 is 0 Å². The Morgan fingerprint density at radius 1 is 1.53 bits per heavy atom. The fourth-order valence-electron chi connectivity index (χ4n) is 3.09. The van der Waals surface area contributed by atoms with Crippen molar-refractivity contribution in [3.8, 4) is 6.07 Å². The average molecular weight is 265 g/mol. The number of ether oxygens (including phenoxy) is 1. The lowest BCUT2D eigenvalue weighted by molar-refractivity contribution is -0.135. The molecule has 1 aliphatic heterocycles. The van der Waals surface area contributed by atoms with Crippen LogP contribution in [0.4, 0.5) is 0 Å². The molecule has 1 aliphatic carbocycles. The van der Waals surface area contributed by atoms with Crippen LogP contribution in [-0.4, -0.2) is 49.2 Å². The number of hydrogen-bond acceptors (Lipinski definition) is 4. The number of rotatable bonds is 4. The summed E-state index contributed by atoms with van der Waals surface area (Å²) < 4.78 is 5.46. The molecule has 5 heteroatoms. The van der Waals surface area contributed by atoms with Crippen molar-refractivity contribution in [1.82, 2.24) is 10.2 Å². The van der Waals surface area contributed by atoms with Gasteiger partial charge in [-0.3, -0.25) is 9.69 Å². The molecule has 3 atom stereocenters. The van der Waals surface area contributed by atoms with Gasteiger partial charge in [-0.2, -0.15) is 5.26 Å². The Morgan fingerprint density at radius 3 is 3.11 bits per heavy atom. The quantitative estimate of drug-likeness (QED) is 0.820. The zero-order valence-electron chi connectivity index (χ0n) is 11.6. The van der Waals surface area contributed by atoms with E-state index in [0.717, 1.165) is 32.2 Å². The van der Waals surface area contributed by atoms with Crippen LogP contribution in [0.5, 0.6) is 0 Å². The topological polar surface area (TPSA) is 65.4 Å². The molecule has 19 heavy (non-hydrogen) atoms. The third-order valence-electron chi connectivity index (χ3n) is 4.09. The van der Waals surface area contributed by atoms with E-state index in [1.54, 1.807) is 0 Å². The molecule has 106 valence electrons. The Hall–Kier alpha value is -1.12. The standard InChI is InChI=1S/C14H23N3O2/c1-2-6-16-14(18)13-10-19-8-7-17(13)12-5-3-4-11(12)9-15/h11-13H,2-8,10H2,1H3,(H,16,18). The van der Waals surface area contributed by atoms with Crippen molar-refractivity contribution < 1.29 is 9.53 Å². The first kappa shape index (κ1) is 14.3. The van der Waals surface area contributed by atoms with Crippen LogP contribution in [0.25, 0.3) is 0 Å². The fourth-order valence-corrected chi connectivity index (χ4v) is 3.09. The highest BCUT2D eigenvalue weighted by Crippen LogP contribution is 2.31. The molecule has 0 aromatic carbocycles. The summed E-state index contributed by atoms with van der Waals surface area (Å²) in [6, 6.07) is 2.40. The zero-order chi connectivity index (χ0) is 13.7. The maximum absolute atomic E-state index is 12.2. The average Bonchev–Trinajstić information content (AvgIpc) is 2.93. The molecule has 3 unspecified atom stereocenters. The van der Waals surface area contributed by atoms with Crippen molar-refractivity contribution in [3.63, 3.8) is 0 Å². The van der Waals surface area contributed by atoms with Crippen molar-refractivity contribution in [2.24, 2.45) is 5.92 Å². The number of nitriles is 1. The summed E-state index contributed by atoms with van der Waals surface area (Å²) in [4.78, 5) is 14.4. The van der Waals surface area contributed by atoms with Gasteiger partial charge in [0, 0.05) is 19.1 Å². The van der Waals surface area contributed by atoms with Crippen LogP contribution in [0, 0.1) is 17.2 Å². The van der Waals surface area contributed by atoms with E-state index in [1.165, 1.54) is 0 Å². The van der Waals surface area contributed by atoms with Crippen molar-refractivity contribution in [3.05, 3.63) is 0 Å². The summed E-state index contributed by atoms with van der Waals surface area (Å²) in [6.45, 7) is 4.61. The minimum absolute atomic E-state index is 0.0464. The number of carbonyl (C=O) groups excluding carboxylic acids is 1. The highest BCUT2D eigenvalue weighted by Gasteiger charge is 2.39. The molecule has 0 spiro atoms. The Kier molecular flexibility index (Phi) is 5.17. The summed E-state index contributed by atoms with van der Waals surface area (Å²) in [5.41, 5.74) is 0. The van der Waals surface area contributed by atoms with Gasteiger partial charge in [0.1, 0.15) is 6.04 Å². The predicted octanol–water partition coefficient (Wildman–Crippen LogP) is 0.906. The molecule has 0 aromatic rings. The molecule has 2 fully saturated rings. The van der Waals surface area contributed by atoms with Gasteiger partial charge < -0.3 is 10.1 Å². The van der Waals surface area contributed by atoms with Crippen LogP contribution in [0.15, 0.2) is 0 Å². The molecule has 0 bridgehead atoms. The van der Waals surface area contributed by atoms with Crippen LogP contribution in [-0.2, 0) is 9.53 Å². The van der Waals surface area contributed by atoms with E-state index in [0.29, 0.717) is 19.8 Å². The summed E-state index contributed by atoms with van der Waals surface area (Å²) in [6.07, 6.45) is 4.00. The van der Waals surface area contributed by atoms with E-state index in [-0.39, 0.29) is 23.9 Å². The van der Waals surface area contributed by atoms with Gasteiger partial charge in [-0.25, -0.2) is 0 Å². The van der Waals surface area contributed by atoms with Gasteiger partial charge in [0.05, 0.1) is 25.2 Å². The van der Waals surface area contributed by atoms with Crippen LogP contribution in [0.1, 0.15) is 32.6 Å². The molecular weight excluding hydrogens is 242 g/mol. The number of nitrogens with one attached hydrogen (secondary N) is 1. The minimum Gasteiger partial charge on any atom is -0.378 e. The number of morpholine rings is 1. The van der Waals surface area contributed by atoms with Crippen molar-refractivity contribution in [2.75, 3.05) is 26.3 Å². The molecule has 5 nitrogen and oxygen atoms in total. The Morgan fingerprint density at radius 2 is 2.37 bits per heavy atom. The second kappa shape index (κ2) is 6.88. The molecule has 1 saturated carbocycles. The van der Waals surface area contributed by atoms with Crippen LogP contribution < -0.4 is 5.32 Å². The second-order valence-electron chi connectivity index (χ2n) is 5.35. The third-order valence-corrected chi connectivity index (χ3v) is 4.09. The number of nitrogens with zero attached hydrogens (tertiary/aromatic N) is 2. The molecule has 1 amide bonds. The molecule has 2 aliphatic rings. The number of carbonyl (C=O) groups is 1. The van der Waals surface area contributed by atoms with Crippen LogP contribution in [0.3, 0.4) is 0 Å². The smallest absolute Gasteiger partial charge is 0.239 e. The third kappa shape index (κ3) is 3.26. The molecule has 0 aromatic heterocycles. The molecule has 2 rings (SSSR count). The summed E-state index contributed by atoms with van der Waals surface area (Å²) in [7, 11) is 0. The van der Waals surface area contributed by atoms with Gasteiger partial charge in [-0.1, -0.05) is 13.3 Å². The van der Waals surface area contributed by atoms with Gasteiger partial charge in [-0.15, -0.1) is 0 Å². The van der Waals surface area contributed by atoms with Crippen molar-refractivity contribution in [2.45, 2.75) is 44.7 Å². The first-order chi connectivity index (χ1) is 9.27. The molecule has 0 radical (unpaired) electrons. The predicted molar refractivity (Wildman–Crippen MR) is 71.4 cm³/mol. The summed E-state index contributed by atoms with van der Waals surface area (Å²) >= 11 is 0. The van der Waals surface area contributed by atoms with E-state index in [2.05, 4.69) is 16.3 Å². The number of amides is 1. The zero-order valence-corrected chi connectivity index (χ0v) is 11.6. The van der Waals surface area contributed by atoms with Gasteiger partial charge in [-0.05, 0) is 19.3 Å². The molecule has 1 heterocycles. The van der Waals surface area contributed by atoms with Crippen molar-refractivity contribution in [1.29, 1.82) is 5.26 Å². The fraction of sp³-hybridized carbons (Fsp3) is 0.857. The van der Waals surface area contributed by atoms with E-state index in [1.807, 2.05) is 6.92 Å². The summed E-state index contributed by atoms with van der Waals surface area (Å²) in [5.74, 6) is 0.115. The normalized spacial score (nSPS) is 31.9. The molecular formula is C14H23N3O2. The SMILES string of the molecule is CCCNC(=O)C1COCCN1C1CCCC1C#N. The Balaban J connectivity index is 2.03. The lowest BCUT2D eigenvalue weighted by atomic mass is 10.0. The van der Waals surface area contributed by atoms with Gasteiger partial charge >= 0.3 is 0 Å². The molecule has 1 saturated heterocycles. The van der Waals surface area contributed by atoms with Gasteiger partial charge in [0.25, 0.3) is 0 Å². The van der Waals surface area contributed by atoms with Crippen LogP contribution >= 0.6 is 0 Å². The summed E-state index contributed by atoms with van der Waals surface area (Å²) in [5, 5.41) is 12.2. The van der Waals surface area contributed by atoms with E-state index in [9.17, 15) is 10.1 Å². The van der Waals surface area contributed by atoms with E-state index in [4.69, 9.17) is 4.74 Å². The maximum atomic E-state index is 12.2.